The largest absolute Gasteiger partial charge is 0.354 e. The Morgan fingerprint density at radius 2 is 1.88 bits per heavy atom. The van der Waals surface area contributed by atoms with Crippen LogP contribution in [0.3, 0.4) is 0 Å². The van der Waals surface area contributed by atoms with Gasteiger partial charge in [-0.15, -0.1) is 5.10 Å². The zero-order valence-electron chi connectivity index (χ0n) is 13.1. The van der Waals surface area contributed by atoms with Crippen molar-refractivity contribution in [1.82, 2.24) is 30.5 Å². The number of amides is 1. The number of carbonyl (C=O) groups is 1. The Balaban J connectivity index is 1.63. The molecule has 0 fully saturated rings. The third-order valence-electron chi connectivity index (χ3n) is 3.72. The number of benzene rings is 1. The van der Waals surface area contributed by atoms with E-state index in [1.807, 2.05) is 42.5 Å². The Hall–Kier alpha value is -3.09. The van der Waals surface area contributed by atoms with Gasteiger partial charge in [-0.25, -0.2) is 4.68 Å². The highest BCUT2D eigenvalue weighted by Gasteiger charge is 2.21. The van der Waals surface area contributed by atoms with Gasteiger partial charge in [0.05, 0.1) is 0 Å². The maximum Gasteiger partial charge on any atom is 0.245 e. The van der Waals surface area contributed by atoms with Crippen LogP contribution in [0, 0.1) is 0 Å². The molecule has 0 aliphatic heterocycles. The molecule has 0 spiro atoms. The van der Waals surface area contributed by atoms with E-state index in [1.165, 1.54) is 11.0 Å². The van der Waals surface area contributed by atoms with Crippen molar-refractivity contribution in [3.63, 3.8) is 0 Å². The molecule has 2 aromatic heterocycles. The fourth-order valence-electron chi connectivity index (χ4n) is 2.45. The molecular weight excluding hydrogens is 304 g/mol. The Bertz CT molecular complexity index is 745. The van der Waals surface area contributed by atoms with Gasteiger partial charge in [0.1, 0.15) is 12.4 Å². The van der Waals surface area contributed by atoms with E-state index in [0.717, 1.165) is 17.5 Å². The van der Waals surface area contributed by atoms with Crippen LogP contribution in [0.4, 0.5) is 0 Å². The Morgan fingerprint density at radius 1 is 1.08 bits per heavy atom. The molecule has 1 N–H and O–H groups in total. The molecule has 0 unspecified atom stereocenters. The molecular formula is C17H18N6O. The highest BCUT2D eigenvalue weighted by atomic mass is 16.2. The molecule has 2 heterocycles. The topological polar surface area (TPSA) is 85.6 Å². The number of hydrogen-bond donors (Lipinski definition) is 1. The number of nitrogens with one attached hydrogen (secondary N) is 1. The molecule has 0 saturated carbocycles. The lowest BCUT2D eigenvalue weighted by molar-refractivity contribution is -0.124. The van der Waals surface area contributed by atoms with Crippen molar-refractivity contribution >= 4 is 5.91 Å². The van der Waals surface area contributed by atoms with Crippen LogP contribution in [0.2, 0.25) is 0 Å². The summed E-state index contributed by atoms with van der Waals surface area (Å²) in [5.41, 5.74) is 2.19. The molecule has 0 saturated heterocycles. The van der Waals surface area contributed by atoms with Crippen molar-refractivity contribution in [2.24, 2.45) is 0 Å². The third-order valence-corrected chi connectivity index (χ3v) is 3.72. The molecule has 7 nitrogen and oxygen atoms in total. The van der Waals surface area contributed by atoms with E-state index in [1.54, 1.807) is 12.4 Å². The third kappa shape index (κ3) is 4.22. The summed E-state index contributed by atoms with van der Waals surface area (Å²) in [6.07, 6.45) is 6.25. The van der Waals surface area contributed by atoms with Gasteiger partial charge in [-0.2, -0.15) is 0 Å². The predicted molar refractivity (Wildman–Crippen MR) is 88.0 cm³/mol. The van der Waals surface area contributed by atoms with Gasteiger partial charge in [0.25, 0.3) is 0 Å². The van der Waals surface area contributed by atoms with E-state index in [2.05, 4.69) is 25.8 Å². The lowest BCUT2D eigenvalue weighted by Crippen LogP contribution is -2.35. The minimum Gasteiger partial charge on any atom is -0.354 e. The van der Waals surface area contributed by atoms with Crippen LogP contribution in [0.15, 0.2) is 61.2 Å². The number of aromatic nitrogens is 5. The molecule has 1 atom stereocenters. The molecule has 1 amide bonds. The number of hydrogen-bond acceptors (Lipinski definition) is 5. The summed E-state index contributed by atoms with van der Waals surface area (Å²) in [6.45, 7) is 0.552. The summed E-state index contributed by atoms with van der Waals surface area (Å²) in [5, 5.41) is 14.1. The first-order valence-electron chi connectivity index (χ1n) is 7.76. The Kier molecular flexibility index (Phi) is 5.24. The van der Waals surface area contributed by atoms with Crippen LogP contribution < -0.4 is 5.32 Å². The van der Waals surface area contributed by atoms with Gasteiger partial charge in [0.15, 0.2) is 0 Å². The molecule has 3 rings (SSSR count). The molecule has 1 aromatic carbocycles. The fourth-order valence-corrected chi connectivity index (χ4v) is 2.45. The molecule has 122 valence electrons. The second-order valence-corrected chi connectivity index (χ2v) is 5.39. The zero-order valence-corrected chi connectivity index (χ0v) is 13.1. The van der Waals surface area contributed by atoms with Crippen molar-refractivity contribution < 1.29 is 4.79 Å². The van der Waals surface area contributed by atoms with Crippen LogP contribution in [-0.4, -0.2) is 37.6 Å². The Labute approximate surface area is 139 Å². The Morgan fingerprint density at radius 3 is 2.58 bits per heavy atom. The summed E-state index contributed by atoms with van der Waals surface area (Å²) in [4.78, 5) is 16.6. The van der Waals surface area contributed by atoms with E-state index in [4.69, 9.17) is 0 Å². The van der Waals surface area contributed by atoms with E-state index in [-0.39, 0.29) is 5.91 Å². The first-order chi connectivity index (χ1) is 11.8. The second-order valence-electron chi connectivity index (χ2n) is 5.39. The first-order valence-corrected chi connectivity index (χ1v) is 7.76. The minimum absolute atomic E-state index is 0.0970. The van der Waals surface area contributed by atoms with Gasteiger partial charge in [0.2, 0.25) is 5.91 Å². The van der Waals surface area contributed by atoms with Gasteiger partial charge in [-0.3, -0.25) is 9.78 Å². The number of tetrazole rings is 1. The summed E-state index contributed by atoms with van der Waals surface area (Å²) in [7, 11) is 0. The number of nitrogens with zero attached hydrogens (tertiary/aromatic N) is 5. The van der Waals surface area contributed by atoms with E-state index >= 15 is 0 Å². The monoisotopic (exact) mass is 322 g/mol. The van der Waals surface area contributed by atoms with Crippen molar-refractivity contribution in [2.75, 3.05) is 6.54 Å². The predicted octanol–water partition coefficient (Wildman–Crippen LogP) is 1.21. The van der Waals surface area contributed by atoms with Crippen molar-refractivity contribution in [2.45, 2.75) is 18.9 Å². The highest BCUT2D eigenvalue weighted by Crippen LogP contribution is 2.13. The number of carbonyl (C=O) groups excluding carboxylic acids is 1. The molecule has 24 heavy (non-hydrogen) atoms. The summed E-state index contributed by atoms with van der Waals surface area (Å²) in [5.74, 6) is -0.0970. The second kappa shape index (κ2) is 7.96. The van der Waals surface area contributed by atoms with Gasteiger partial charge in [0, 0.05) is 25.4 Å². The summed E-state index contributed by atoms with van der Waals surface area (Å²) >= 11 is 0. The summed E-state index contributed by atoms with van der Waals surface area (Å²) in [6, 6.07) is 13.2. The van der Waals surface area contributed by atoms with Gasteiger partial charge in [-0.1, -0.05) is 30.3 Å². The van der Waals surface area contributed by atoms with Crippen molar-refractivity contribution in [3.05, 3.63) is 72.3 Å². The van der Waals surface area contributed by atoms with Crippen LogP contribution in [-0.2, 0) is 17.6 Å². The zero-order chi connectivity index (χ0) is 16.6. The maximum absolute atomic E-state index is 12.6. The maximum atomic E-state index is 12.6. The van der Waals surface area contributed by atoms with E-state index < -0.39 is 6.04 Å². The fraction of sp³-hybridized carbons (Fsp3) is 0.235. The average molecular weight is 322 g/mol. The molecule has 7 heteroatoms. The highest BCUT2D eigenvalue weighted by molar-refractivity contribution is 5.80. The molecule has 0 bridgehead atoms. The van der Waals surface area contributed by atoms with Crippen LogP contribution in [0.25, 0.3) is 0 Å². The SMILES string of the molecule is O=C(NCCc1ccncc1)[C@H](Cc1ccccc1)n1cnnn1. The lowest BCUT2D eigenvalue weighted by atomic mass is 10.1. The lowest BCUT2D eigenvalue weighted by Gasteiger charge is -2.16. The molecule has 0 aliphatic rings. The molecule has 3 aromatic rings. The normalized spacial score (nSPS) is 11.8. The van der Waals surface area contributed by atoms with Gasteiger partial charge in [-0.05, 0) is 40.1 Å². The minimum atomic E-state index is -0.472. The van der Waals surface area contributed by atoms with Gasteiger partial charge >= 0.3 is 0 Å². The molecule has 0 aliphatic carbocycles. The van der Waals surface area contributed by atoms with Crippen LogP contribution in [0.5, 0.6) is 0 Å². The van der Waals surface area contributed by atoms with Crippen LogP contribution >= 0.6 is 0 Å². The van der Waals surface area contributed by atoms with Crippen molar-refractivity contribution in [3.8, 4) is 0 Å². The quantitative estimate of drug-likeness (QED) is 0.707. The standard InChI is InChI=1S/C17H18N6O/c24-17(19-11-8-14-6-9-18-10-7-14)16(23-13-20-21-22-23)12-15-4-2-1-3-5-15/h1-7,9-10,13,16H,8,11-12H2,(H,19,24)/t16-/m0/s1. The first kappa shape index (κ1) is 15.8. The van der Waals surface area contributed by atoms with Gasteiger partial charge < -0.3 is 5.32 Å². The smallest absolute Gasteiger partial charge is 0.245 e. The van der Waals surface area contributed by atoms with Crippen molar-refractivity contribution in [1.29, 1.82) is 0 Å². The molecule has 0 radical (unpaired) electrons. The number of rotatable bonds is 7. The number of pyridine rings is 1. The summed E-state index contributed by atoms with van der Waals surface area (Å²) < 4.78 is 1.49. The van der Waals surface area contributed by atoms with E-state index in [9.17, 15) is 4.79 Å². The van der Waals surface area contributed by atoms with E-state index in [0.29, 0.717) is 13.0 Å². The van der Waals surface area contributed by atoms with Crippen LogP contribution in [0.1, 0.15) is 17.2 Å². The average Bonchev–Trinajstić information content (AvgIpc) is 3.16.